The van der Waals surface area contributed by atoms with Crippen molar-refractivity contribution < 1.29 is 19.4 Å². The minimum absolute atomic E-state index is 0.112. The largest absolute Gasteiger partial charge is 0.478 e. The monoisotopic (exact) mass is 358 g/mol. The number of carbonyl (C=O) groups excluding carboxylic acids is 1. The Labute approximate surface area is 151 Å². The Bertz CT molecular complexity index is 768. The van der Waals surface area contributed by atoms with Crippen LogP contribution < -0.4 is 5.32 Å². The number of aryl methyl sites for hydroxylation is 1. The second-order valence-corrected chi connectivity index (χ2v) is 6.18. The molecule has 1 saturated heterocycles. The molecule has 26 heavy (non-hydrogen) atoms. The third kappa shape index (κ3) is 5.14. The summed E-state index contributed by atoms with van der Waals surface area (Å²) in [6.07, 6.45) is 2.91. The molecular weight excluding hydrogens is 336 g/mol. The number of aromatic carboxylic acids is 1. The van der Waals surface area contributed by atoms with Crippen molar-refractivity contribution in [3.05, 3.63) is 47.8 Å². The van der Waals surface area contributed by atoms with Gasteiger partial charge in [-0.1, -0.05) is 12.1 Å². The fourth-order valence-corrected chi connectivity index (χ4v) is 2.80. The summed E-state index contributed by atoms with van der Waals surface area (Å²) >= 11 is 0. The van der Waals surface area contributed by atoms with Gasteiger partial charge in [0.15, 0.2) is 0 Å². The van der Waals surface area contributed by atoms with Crippen molar-refractivity contribution in [3.63, 3.8) is 0 Å². The first-order valence-corrected chi connectivity index (χ1v) is 8.55. The lowest BCUT2D eigenvalue weighted by atomic mass is 10.1. The normalized spacial score (nSPS) is 14.9. The molecule has 2 heterocycles. The molecule has 1 amide bonds. The van der Waals surface area contributed by atoms with Gasteiger partial charge >= 0.3 is 5.97 Å². The Hall–Kier alpha value is -2.71. The minimum atomic E-state index is -1.03. The van der Waals surface area contributed by atoms with Gasteiger partial charge in [-0.3, -0.25) is 14.4 Å². The number of ether oxygens (including phenoxy) is 1. The number of anilines is 1. The molecule has 0 atom stereocenters. The highest BCUT2D eigenvalue weighted by Gasteiger charge is 2.11. The summed E-state index contributed by atoms with van der Waals surface area (Å²) in [5.74, 6) is -1.17. The van der Waals surface area contributed by atoms with Gasteiger partial charge in [0.25, 0.3) is 0 Å². The molecule has 1 aromatic carbocycles. The molecule has 3 rings (SSSR count). The van der Waals surface area contributed by atoms with Gasteiger partial charge in [0, 0.05) is 44.5 Å². The summed E-state index contributed by atoms with van der Waals surface area (Å²) in [6.45, 7) is 4.50. The third-order valence-corrected chi connectivity index (χ3v) is 4.17. The molecule has 0 radical (unpaired) electrons. The Morgan fingerprint density at radius 3 is 2.81 bits per heavy atom. The van der Waals surface area contributed by atoms with Crippen molar-refractivity contribution in [1.29, 1.82) is 0 Å². The summed E-state index contributed by atoms with van der Waals surface area (Å²) in [7, 11) is 0. The summed E-state index contributed by atoms with van der Waals surface area (Å²) in [5, 5.41) is 15.7. The van der Waals surface area contributed by atoms with Crippen LogP contribution in [-0.4, -0.2) is 58.0 Å². The zero-order valence-electron chi connectivity index (χ0n) is 14.4. The van der Waals surface area contributed by atoms with E-state index >= 15 is 0 Å². The predicted molar refractivity (Wildman–Crippen MR) is 95.0 cm³/mol. The number of nitrogens with one attached hydrogen (secondary N) is 1. The zero-order chi connectivity index (χ0) is 18.4. The number of carboxylic acids is 1. The molecule has 8 nitrogen and oxygen atoms in total. The van der Waals surface area contributed by atoms with Crippen molar-refractivity contribution in [2.75, 3.05) is 31.6 Å². The number of carbonyl (C=O) groups is 2. The summed E-state index contributed by atoms with van der Waals surface area (Å²) in [5.41, 5.74) is 2.01. The Balaban J connectivity index is 1.50. The van der Waals surface area contributed by atoms with Crippen molar-refractivity contribution >= 4 is 17.6 Å². The van der Waals surface area contributed by atoms with E-state index in [-0.39, 0.29) is 17.9 Å². The van der Waals surface area contributed by atoms with Crippen LogP contribution in [0.15, 0.2) is 36.7 Å². The van der Waals surface area contributed by atoms with Gasteiger partial charge in [-0.2, -0.15) is 5.10 Å². The summed E-state index contributed by atoms with van der Waals surface area (Å²) in [6, 6.07) is 7.81. The Morgan fingerprint density at radius 2 is 2.08 bits per heavy atom. The van der Waals surface area contributed by atoms with E-state index in [2.05, 4.69) is 15.3 Å². The minimum Gasteiger partial charge on any atom is -0.478 e. The first kappa shape index (κ1) is 18.1. The maximum absolute atomic E-state index is 12.1. The lowest BCUT2D eigenvalue weighted by molar-refractivity contribution is -0.116. The van der Waals surface area contributed by atoms with Gasteiger partial charge in [0.05, 0.1) is 25.0 Å². The van der Waals surface area contributed by atoms with E-state index in [0.29, 0.717) is 6.54 Å². The quantitative estimate of drug-likeness (QED) is 0.777. The van der Waals surface area contributed by atoms with Gasteiger partial charge < -0.3 is 15.2 Å². The molecule has 2 N–H and O–H groups in total. The highest BCUT2D eigenvalue weighted by atomic mass is 16.5. The molecule has 0 unspecified atom stereocenters. The fraction of sp³-hybridized carbons (Fsp3) is 0.389. The fourth-order valence-electron chi connectivity index (χ4n) is 2.80. The first-order chi connectivity index (χ1) is 12.6. The van der Waals surface area contributed by atoms with Gasteiger partial charge in [0.1, 0.15) is 0 Å². The van der Waals surface area contributed by atoms with Gasteiger partial charge in [0.2, 0.25) is 5.91 Å². The lowest BCUT2D eigenvalue weighted by Gasteiger charge is -2.26. The van der Waals surface area contributed by atoms with E-state index in [4.69, 9.17) is 9.84 Å². The van der Waals surface area contributed by atoms with E-state index < -0.39 is 5.97 Å². The number of hydrogen-bond acceptors (Lipinski definition) is 5. The van der Waals surface area contributed by atoms with E-state index in [1.807, 2.05) is 24.3 Å². The van der Waals surface area contributed by atoms with Crippen LogP contribution in [0.5, 0.6) is 0 Å². The number of morpholine rings is 1. The molecule has 2 aromatic rings. The molecule has 0 aliphatic carbocycles. The summed E-state index contributed by atoms with van der Waals surface area (Å²) in [4.78, 5) is 25.3. The van der Waals surface area contributed by atoms with E-state index in [9.17, 15) is 9.59 Å². The number of aromatic nitrogens is 2. The van der Waals surface area contributed by atoms with Crippen LogP contribution in [0.1, 0.15) is 22.3 Å². The molecule has 138 valence electrons. The molecule has 1 aliphatic rings. The number of nitrogens with zero attached hydrogens (tertiary/aromatic N) is 3. The van der Waals surface area contributed by atoms with E-state index in [1.165, 1.54) is 17.1 Å². The number of carboxylic acid groups (broad SMARTS) is 1. The third-order valence-electron chi connectivity index (χ3n) is 4.17. The van der Waals surface area contributed by atoms with Crippen LogP contribution in [0.2, 0.25) is 0 Å². The van der Waals surface area contributed by atoms with Crippen LogP contribution >= 0.6 is 0 Å². The first-order valence-electron chi connectivity index (χ1n) is 8.55. The Morgan fingerprint density at radius 1 is 1.27 bits per heavy atom. The van der Waals surface area contributed by atoms with Gasteiger partial charge in [-0.25, -0.2) is 4.79 Å². The van der Waals surface area contributed by atoms with Crippen molar-refractivity contribution in [3.8, 4) is 0 Å². The second-order valence-electron chi connectivity index (χ2n) is 6.18. The average molecular weight is 358 g/mol. The maximum Gasteiger partial charge on any atom is 0.338 e. The number of amides is 1. The SMILES string of the molecule is O=C(CCn1cc(C(=O)O)cn1)Nc1cccc(CN2CCOCC2)c1. The molecule has 0 bridgehead atoms. The van der Waals surface area contributed by atoms with E-state index in [1.54, 1.807) is 0 Å². The number of benzene rings is 1. The molecule has 0 spiro atoms. The zero-order valence-corrected chi connectivity index (χ0v) is 14.4. The molecular formula is C18H22N4O4. The summed E-state index contributed by atoms with van der Waals surface area (Å²) < 4.78 is 6.81. The van der Waals surface area contributed by atoms with Crippen molar-refractivity contribution in [2.45, 2.75) is 19.5 Å². The predicted octanol–water partition coefficient (Wildman–Crippen LogP) is 1.44. The van der Waals surface area contributed by atoms with Crippen molar-refractivity contribution in [1.82, 2.24) is 14.7 Å². The topological polar surface area (TPSA) is 96.7 Å². The molecule has 0 saturated carbocycles. The Kier molecular flexibility index (Phi) is 5.98. The number of rotatable bonds is 7. The van der Waals surface area contributed by atoms with Crippen molar-refractivity contribution in [2.24, 2.45) is 0 Å². The van der Waals surface area contributed by atoms with Gasteiger partial charge in [-0.05, 0) is 17.7 Å². The van der Waals surface area contributed by atoms with Gasteiger partial charge in [-0.15, -0.1) is 0 Å². The molecule has 1 fully saturated rings. The maximum atomic E-state index is 12.1. The molecule has 8 heteroatoms. The standard InChI is InChI=1S/C18H22N4O4/c23-17(4-5-22-13-15(11-19-22)18(24)25)20-16-3-1-2-14(10-16)12-21-6-8-26-9-7-21/h1-3,10-11,13H,4-9,12H2,(H,20,23)(H,24,25). The van der Waals surface area contributed by atoms with Crippen LogP contribution in [-0.2, 0) is 22.6 Å². The van der Waals surface area contributed by atoms with Crippen LogP contribution in [0.25, 0.3) is 0 Å². The number of hydrogen-bond donors (Lipinski definition) is 2. The highest BCUT2D eigenvalue weighted by Crippen LogP contribution is 2.14. The van der Waals surface area contributed by atoms with E-state index in [0.717, 1.165) is 44.1 Å². The second kappa shape index (κ2) is 8.59. The highest BCUT2D eigenvalue weighted by molar-refractivity contribution is 5.90. The van der Waals surface area contributed by atoms with Crippen LogP contribution in [0.3, 0.4) is 0 Å². The average Bonchev–Trinajstić information content (AvgIpc) is 3.11. The van der Waals surface area contributed by atoms with Crippen LogP contribution in [0, 0.1) is 0 Å². The van der Waals surface area contributed by atoms with Crippen LogP contribution in [0.4, 0.5) is 5.69 Å². The smallest absolute Gasteiger partial charge is 0.338 e. The molecule has 1 aliphatic heterocycles. The lowest BCUT2D eigenvalue weighted by Crippen LogP contribution is -2.35. The molecule has 1 aromatic heterocycles.